The molecule has 4 amide bonds. The first kappa shape index (κ1) is 57.0. The third-order valence-electron chi connectivity index (χ3n) is 11.3. The highest BCUT2D eigenvalue weighted by Gasteiger charge is 2.40. The second-order valence-corrected chi connectivity index (χ2v) is 21.0. The highest BCUT2D eigenvalue weighted by molar-refractivity contribution is 7.84. The summed E-state index contributed by atoms with van der Waals surface area (Å²) >= 11 is 0. The van der Waals surface area contributed by atoms with Crippen molar-refractivity contribution >= 4 is 83.3 Å². The van der Waals surface area contributed by atoms with Crippen LogP contribution in [0.1, 0.15) is 100 Å². The summed E-state index contributed by atoms with van der Waals surface area (Å²) in [5.41, 5.74) is 2.10. The van der Waals surface area contributed by atoms with Crippen LogP contribution < -0.4 is 31.9 Å². The predicted molar refractivity (Wildman–Crippen MR) is 269 cm³/mol. The van der Waals surface area contributed by atoms with Crippen molar-refractivity contribution < 1.29 is 66.0 Å². The molecule has 0 aliphatic carbocycles. The number of esters is 2. The minimum Gasteiger partial charge on any atom is -0.466 e. The molecule has 0 saturated carbocycles. The number of carbonyl (C=O) groups is 8. The molecule has 4 aromatic rings. The van der Waals surface area contributed by atoms with E-state index >= 15 is 0 Å². The Balaban J connectivity index is 1.13. The lowest BCUT2D eigenvalue weighted by Gasteiger charge is -2.22. The van der Waals surface area contributed by atoms with Gasteiger partial charge in [0.25, 0.3) is 11.0 Å². The quantitative estimate of drug-likeness (QED) is 0.0240. The number of aryl methyl sites for hydroxylation is 3. The van der Waals surface area contributed by atoms with Gasteiger partial charge < -0.3 is 39.8 Å². The second kappa shape index (κ2) is 26.6. The van der Waals surface area contributed by atoms with Crippen LogP contribution in [0.4, 0.5) is 11.4 Å². The SMILES string of the molecule is CCOP(=O)(C(=O)c1c(C)cc(C)c(NC(=O)C(=O)NCCCOC(=O)CCCC(=O)OCCCNC(=O)C(=O)Nc2cc(C)c(C)c(C(=O)P(=O)(OCC)c3ccccc3)c2C)c1C)c1ccccc1. The summed E-state index contributed by atoms with van der Waals surface area (Å²) in [5, 5.41) is 10.5. The van der Waals surface area contributed by atoms with Gasteiger partial charge in [0.15, 0.2) is 0 Å². The van der Waals surface area contributed by atoms with Gasteiger partial charge in [-0.25, -0.2) is 0 Å². The monoisotopic (exact) mass is 1020 g/mol. The summed E-state index contributed by atoms with van der Waals surface area (Å²) in [6.45, 7) is 13.1. The lowest BCUT2D eigenvalue weighted by Crippen LogP contribution is -2.36. The molecular weight excluding hydrogens is 955 g/mol. The standard InChI is InChI=1S/C51H62N4O14P2/c1-9-68-70(64,38-20-13-11-14-21-38)50(62)43-33(4)30-34(5)45(37(43)8)55-49(61)47(59)53-27-19-29-67-42(57)25-17-24-41(56)66-28-18-26-52-46(58)48(60)54-40-31-32(3)35(6)44(36(40)7)51(63)71(65,69-10-2)39-22-15-12-16-23-39/h11-16,20-23,30-31H,9-10,17-19,24-29H2,1-8H3,(H,52,58)(H,53,59)(H,54,60)(H,55,61). The summed E-state index contributed by atoms with van der Waals surface area (Å²) in [7, 11) is -8.04. The Bertz CT molecular complexity index is 2740. The minimum absolute atomic E-state index is 0.00768. The first-order valence-electron chi connectivity index (χ1n) is 23.1. The average Bonchev–Trinajstić information content (AvgIpc) is 3.34. The van der Waals surface area contributed by atoms with Crippen molar-refractivity contribution in [3.05, 3.63) is 117 Å². The lowest BCUT2D eigenvalue weighted by molar-refractivity contribution is -0.145. The van der Waals surface area contributed by atoms with E-state index in [1.807, 2.05) is 0 Å². The number of amides is 4. The summed E-state index contributed by atoms with van der Waals surface area (Å²) < 4.78 is 49.6. The lowest BCUT2D eigenvalue weighted by atomic mass is 9.97. The molecule has 0 aromatic heterocycles. The van der Waals surface area contributed by atoms with Crippen LogP contribution in [0.5, 0.6) is 0 Å². The van der Waals surface area contributed by atoms with E-state index in [1.165, 1.54) is 0 Å². The number of anilines is 2. The van der Waals surface area contributed by atoms with E-state index in [1.54, 1.807) is 128 Å². The fraction of sp³-hybridized carbons (Fsp3) is 0.373. The van der Waals surface area contributed by atoms with Crippen LogP contribution >= 0.6 is 14.7 Å². The van der Waals surface area contributed by atoms with Crippen molar-refractivity contribution in [2.75, 3.05) is 50.2 Å². The van der Waals surface area contributed by atoms with Crippen LogP contribution in [0.3, 0.4) is 0 Å². The van der Waals surface area contributed by atoms with Crippen LogP contribution in [0.25, 0.3) is 0 Å². The van der Waals surface area contributed by atoms with E-state index < -0.39 is 61.4 Å². The van der Waals surface area contributed by atoms with E-state index in [0.29, 0.717) is 33.4 Å². The van der Waals surface area contributed by atoms with Gasteiger partial charge in [-0.15, -0.1) is 0 Å². The van der Waals surface area contributed by atoms with Gasteiger partial charge in [-0.2, -0.15) is 0 Å². The van der Waals surface area contributed by atoms with Gasteiger partial charge in [-0.1, -0.05) is 42.5 Å². The van der Waals surface area contributed by atoms with Gasteiger partial charge in [0.05, 0.1) is 26.4 Å². The van der Waals surface area contributed by atoms with Crippen molar-refractivity contribution in [3.8, 4) is 0 Å². The number of carbonyl (C=O) groups excluding carboxylic acids is 8. The fourth-order valence-corrected chi connectivity index (χ4v) is 11.7. The molecule has 0 aliphatic rings. The molecule has 2 atom stereocenters. The molecular formula is C51H62N4O14P2. The fourth-order valence-electron chi connectivity index (χ4n) is 7.56. The maximum atomic E-state index is 14.1. The zero-order chi connectivity index (χ0) is 52.5. The smallest absolute Gasteiger partial charge is 0.313 e. The minimum atomic E-state index is -4.02. The Kier molecular flexibility index (Phi) is 21.3. The Morgan fingerprint density at radius 2 is 0.944 bits per heavy atom. The number of benzene rings is 4. The van der Waals surface area contributed by atoms with Crippen molar-refractivity contribution in [2.45, 2.75) is 87.5 Å². The van der Waals surface area contributed by atoms with Gasteiger partial charge >= 0.3 is 50.3 Å². The molecule has 0 heterocycles. The number of hydrogen-bond donors (Lipinski definition) is 4. The molecule has 380 valence electrons. The molecule has 4 aromatic carbocycles. The van der Waals surface area contributed by atoms with Gasteiger partial charge in [-0.3, -0.25) is 47.5 Å². The second-order valence-electron chi connectivity index (χ2n) is 16.4. The van der Waals surface area contributed by atoms with Crippen molar-refractivity contribution in [2.24, 2.45) is 0 Å². The number of hydrogen-bond acceptors (Lipinski definition) is 14. The Morgan fingerprint density at radius 3 is 1.41 bits per heavy atom. The van der Waals surface area contributed by atoms with Gasteiger partial charge in [0.2, 0.25) is 0 Å². The Morgan fingerprint density at radius 1 is 0.493 bits per heavy atom. The zero-order valence-electron chi connectivity index (χ0n) is 41.3. The van der Waals surface area contributed by atoms with E-state index in [0.717, 1.165) is 0 Å². The number of ether oxygens (including phenoxy) is 2. The molecule has 4 rings (SSSR count). The highest BCUT2D eigenvalue weighted by Crippen LogP contribution is 2.52. The summed E-state index contributed by atoms with van der Waals surface area (Å²) in [6, 6.07) is 19.6. The van der Waals surface area contributed by atoms with Crippen LogP contribution in [-0.4, -0.2) is 86.1 Å². The van der Waals surface area contributed by atoms with E-state index in [-0.39, 0.29) is 105 Å². The van der Waals surface area contributed by atoms with Crippen LogP contribution in [0, 0.1) is 41.5 Å². The van der Waals surface area contributed by atoms with Crippen LogP contribution in [0.15, 0.2) is 72.8 Å². The molecule has 0 bridgehead atoms. The maximum absolute atomic E-state index is 14.1. The van der Waals surface area contributed by atoms with Gasteiger partial charge in [0, 0.05) is 59.0 Å². The highest BCUT2D eigenvalue weighted by atomic mass is 31.2. The number of rotatable bonds is 24. The Labute approximate surface area is 413 Å². The molecule has 0 radical (unpaired) electrons. The molecule has 71 heavy (non-hydrogen) atoms. The molecule has 2 unspecified atom stereocenters. The van der Waals surface area contributed by atoms with Crippen molar-refractivity contribution in [1.29, 1.82) is 0 Å². The molecule has 0 spiro atoms. The topological polar surface area (TPSA) is 256 Å². The molecule has 0 fully saturated rings. The largest absolute Gasteiger partial charge is 0.466 e. The first-order chi connectivity index (χ1) is 33.7. The van der Waals surface area contributed by atoms with Crippen molar-refractivity contribution in [1.82, 2.24) is 10.6 Å². The average molecular weight is 1020 g/mol. The summed E-state index contributed by atoms with van der Waals surface area (Å²) in [5.74, 6) is -5.12. The van der Waals surface area contributed by atoms with E-state index in [9.17, 15) is 47.5 Å². The third kappa shape index (κ3) is 14.7. The van der Waals surface area contributed by atoms with Crippen molar-refractivity contribution in [3.63, 3.8) is 0 Å². The molecule has 4 N–H and O–H groups in total. The van der Waals surface area contributed by atoms with Crippen LogP contribution in [-0.2, 0) is 56.4 Å². The zero-order valence-corrected chi connectivity index (χ0v) is 43.1. The van der Waals surface area contributed by atoms with E-state index in [4.69, 9.17) is 18.5 Å². The molecule has 20 heteroatoms. The predicted octanol–water partition coefficient (Wildman–Crippen LogP) is 6.94. The molecule has 0 aliphatic heterocycles. The third-order valence-corrected chi connectivity index (χ3v) is 16.0. The summed E-state index contributed by atoms with van der Waals surface area (Å²) in [6.07, 6.45) is 0.315. The van der Waals surface area contributed by atoms with Crippen LogP contribution in [0.2, 0.25) is 0 Å². The molecule has 18 nitrogen and oxygen atoms in total. The van der Waals surface area contributed by atoms with Gasteiger partial charge in [-0.05, 0) is 138 Å². The normalized spacial score (nSPS) is 12.6. The van der Waals surface area contributed by atoms with Gasteiger partial charge in [0.1, 0.15) is 0 Å². The molecule has 0 saturated heterocycles. The first-order valence-corrected chi connectivity index (χ1v) is 26.4. The Hall–Kier alpha value is -6.58. The summed E-state index contributed by atoms with van der Waals surface area (Å²) in [4.78, 5) is 103. The number of nitrogens with one attached hydrogen (secondary N) is 4. The van der Waals surface area contributed by atoms with E-state index in [2.05, 4.69) is 21.3 Å². The maximum Gasteiger partial charge on any atom is 0.313 e.